The zero-order valence-electron chi connectivity index (χ0n) is 19.2. The molecule has 1 saturated heterocycles. The Bertz CT molecular complexity index is 972. The van der Waals surface area contributed by atoms with Crippen molar-refractivity contribution in [2.24, 2.45) is 0 Å². The fraction of sp³-hybridized carbons (Fsp3) is 0.417. The summed E-state index contributed by atoms with van der Waals surface area (Å²) in [5.74, 6) is -0.352. The second-order valence-corrected chi connectivity index (χ2v) is 8.37. The SMILES string of the molecule is COc1cc(NC(=O)COC(=O)c2ccc(CN3CC(C)OC(C)C3)cc2)c(OC)cc1Cl. The third kappa shape index (κ3) is 6.83. The number of carbonyl (C=O) groups is 2. The molecule has 1 fully saturated rings. The maximum atomic E-state index is 12.4. The number of nitrogens with zero attached hydrogens (tertiary/aromatic N) is 1. The second kappa shape index (κ2) is 11.4. The van der Waals surface area contributed by atoms with Gasteiger partial charge in [-0.15, -0.1) is 0 Å². The number of nitrogens with one attached hydrogen (secondary N) is 1. The molecule has 178 valence electrons. The van der Waals surface area contributed by atoms with E-state index in [1.165, 1.54) is 26.4 Å². The quantitative estimate of drug-likeness (QED) is 0.580. The molecule has 1 aliphatic heterocycles. The Hall–Kier alpha value is -2.81. The van der Waals surface area contributed by atoms with Crippen molar-refractivity contribution < 1.29 is 28.5 Å². The number of esters is 1. The number of hydrogen-bond acceptors (Lipinski definition) is 7. The predicted molar refractivity (Wildman–Crippen MR) is 125 cm³/mol. The van der Waals surface area contributed by atoms with Gasteiger partial charge in [0.05, 0.1) is 42.7 Å². The molecule has 9 heteroatoms. The van der Waals surface area contributed by atoms with Crippen LogP contribution in [-0.4, -0.2) is 62.9 Å². The van der Waals surface area contributed by atoms with E-state index in [9.17, 15) is 9.59 Å². The monoisotopic (exact) mass is 476 g/mol. The van der Waals surface area contributed by atoms with Gasteiger partial charge in [0, 0.05) is 31.8 Å². The predicted octanol–water partition coefficient (Wildman–Crippen LogP) is 3.76. The smallest absolute Gasteiger partial charge is 0.338 e. The van der Waals surface area contributed by atoms with Crippen molar-refractivity contribution in [3.05, 3.63) is 52.5 Å². The summed E-state index contributed by atoms with van der Waals surface area (Å²) in [4.78, 5) is 27.0. The van der Waals surface area contributed by atoms with E-state index in [-0.39, 0.29) is 12.2 Å². The number of rotatable bonds is 8. The first-order chi connectivity index (χ1) is 15.8. The molecule has 0 aromatic heterocycles. The van der Waals surface area contributed by atoms with Crippen molar-refractivity contribution in [1.82, 2.24) is 4.90 Å². The van der Waals surface area contributed by atoms with Crippen molar-refractivity contribution in [2.75, 3.05) is 39.2 Å². The van der Waals surface area contributed by atoms with E-state index in [1.807, 2.05) is 12.1 Å². The summed E-state index contributed by atoms with van der Waals surface area (Å²) in [6, 6.07) is 10.3. The van der Waals surface area contributed by atoms with Gasteiger partial charge >= 0.3 is 5.97 Å². The first kappa shape index (κ1) is 24.8. The lowest BCUT2D eigenvalue weighted by Crippen LogP contribution is -2.44. The average Bonchev–Trinajstić information content (AvgIpc) is 2.78. The highest BCUT2D eigenvalue weighted by molar-refractivity contribution is 6.32. The molecule has 2 unspecified atom stereocenters. The zero-order chi connectivity index (χ0) is 24.0. The largest absolute Gasteiger partial charge is 0.495 e. The van der Waals surface area contributed by atoms with Gasteiger partial charge in [0.2, 0.25) is 0 Å². The van der Waals surface area contributed by atoms with Gasteiger partial charge in [-0.05, 0) is 31.5 Å². The number of hydrogen-bond donors (Lipinski definition) is 1. The highest BCUT2D eigenvalue weighted by Crippen LogP contribution is 2.35. The van der Waals surface area contributed by atoms with E-state index < -0.39 is 18.5 Å². The van der Waals surface area contributed by atoms with Crippen LogP contribution in [0.15, 0.2) is 36.4 Å². The van der Waals surface area contributed by atoms with E-state index in [2.05, 4.69) is 24.1 Å². The molecule has 2 aromatic rings. The third-order valence-corrected chi connectivity index (χ3v) is 5.47. The lowest BCUT2D eigenvalue weighted by molar-refractivity contribution is -0.119. The highest BCUT2D eigenvalue weighted by atomic mass is 35.5. The number of morpholine rings is 1. The molecule has 3 rings (SSSR count). The van der Waals surface area contributed by atoms with E-state index in [0.717, 1.165) is 25.2 Å². The van der Waals surface area contributed by atoms with Gasteiger partial charge in [-0.25, -0.2) is 4.79 Å². The molecule has 0 aliphatic carbocycles. The molecule has 0 bridgehead atoms. The van der Waals surface area contributed by atoms with Gasteiger partial charge in [0.1, 0.15) is 11.5 Å². The molecule has 1 aliphatic rings. The molecule has 1 N–H and O–H groups in total. The Kier molecular flexibility index (Phi) is 8.55. The lowest BCUT2D eigenvalue weighted by atomic mass is 10.1. The summed E-state index contributed by atoms with van der Waals surface area (Å²) in [6.45, 7) is 6.20. The Morgan fingerprint density at radius 1 is 1.06 bits per heavy atom. The van der Waals surface area contributed by atoms with Crippen LogP contribution in [0.5, 0.6) is 11.5 Å². The van der Waals surface area contributed by atoms with Crippen molar-refractivity contribution in [1.29, 1.82) is 0 Å². The Morgan fingerprint density at radius 2 is 1.70 bits per heavy atom. The molecular formula is C24H29ClN2O6. The van der Waals surface area contributed by atoms with Crippen molar-refractivity contribution in [3.8, 4) is 11.5 Å². The number of carbonyl (C=O) groups excluding carboxylic acids is 2. The van der Waals surface area contributed by atoms with Crippen LogP contribution in [0.4, 0.5) is 5.69 Å². The van der Waals surface area contributed by atoms with Gasteiger partial charge in [-0.2, -0.15) is 0 Å². The van der Waals surface area contributed by atoms with Crippen LogP contribution in [-0.2, 0) is 20.8 Å². The number of methoxy groups -OCH3 is 2. The van der Waals surface area contributed by atoms with Crippen LogP contribution >= 0.6 is 11.6 Å². The van der Waals surface area contributed by atoms with Crippen LogP contribution in [0.2, 0.25) is 5.02 Å². The molecule has 8 nitrogen and oxygen atoms in total. The Balaban J connectivity index is 1.53. The average molecular weight is 477 g/mol. The summed E-state index contributed by atoms with van der Waals surface area (Å²) in [5, 5.41) is 2.98. The maximum Gasteiger partial charge on any atom is 0.338 e. The Morgan fingerprint density at radius 3 is 2.30 bits per heavy atom. The minimum Gasteiger partial charge on any atom is -0.495 e. The third-order valence-electron chi connectivity index (χ3n) is 5.17. The second-order valence-electron chi connectivity index (χ2n) is 7.96. The summed E-state index contributed by atoms with van der Waals surface area (Å²) in [5.41, 5.74) is 1.83. The molecule has 1 heterocycles. The fourth-order valence-corrected chi connectivity index (χ4v) is 4.01. The van der Waals surface area contributed by atoms with Gasteiger partial charge in [0.25, 0.3) is 5.91 Å². The molecule has 0 saturated carbocycles. The van der Waals surface area contributed by atoms with Crippen LogP contribution in [0.25, 0.3) is 0 Å². The first-order valence-electron chi connectivity index (χ1n) is 10.6. The molecule has 2 atom stereocenters. The Labute approximate surface area is 198 Å². The molecule has 2 aromatic carbocycles. The standard InChI is InChI=1S/C24H29ClN2O6/c1-15-11-27(12-16(2)33-15)13-17-5-7-18(8-6-17)24(29)32-14-23(28)26-20-10-21(30-3)19(25)9-22(20)31-4/h5-10,15-16H,11-14H2,1-4H3,(H,26,28). The van der Waals surface area contributed by atoms with Gasteiger partial charge < -0.3 is 24.3 Å². The minimum atomic E-state index is -0.578. The number of amides is 1. The van der Waals surface area contributed by atoms with Crippen molar-refractivity contribution in [3.63, 3.8) is 0 Å². The zero-order valence-corrected chi connectivity index (χ0v) is 20.0. The summed E-state index contributed by atoms with van der Waals surface area (Å²) < 4.78 is 21.3. The number of ether oxygens (including phenoxy) is 4. The van der Waals surface area contributed by atoms with E-state index in [1.54, 1.807) is 12.1 Å². The van der Waals surface area contributed by atoms with E-state index >= 15 is 0 Å². The normalized spacial score (nSPS) is 18.5. The maximum absolute atomic E-state index is 12.4. The summed E-state index contributed by atoms with van der Waals surface area (Å²) in [7, 11) is 2.92. The minimum absolute atomic E-state index is 0.197. The van der Waals surface area contributed by atoms with Gasteiger partial charge in [0.15, 0.2) is 6.61 Å². The summed E-state index contributed by atoms with van der Waals surface area (Å²) in [6.07, 6.45) is 0.395. The molecule has 1 amide bonds. The number of halogens is 1. The number of anilines is 1. The first-order valence-corrected chi connectivity index (χ1v) is 11.0. The number of benzene rings is 2. The molecular weight excluding hydrogens is 448 g/mol. The topological polar surface area (TPSA) is 86.3 Å². The van der Waals surface area contributed by atoms with Crippen LogP contribution in [0.1, 0.15) is 29.8 Å². The molecule has 0 spiro atoms. The van der Waals surface area contributed by atoms with Crippen LogP contribution in [0.3, 0.4) is 0 Å². The van der Waals surface area contributed by atoms with E-state index in [0.29, 0.717) is 27.8 Å². The van der Waals surface area contributed by atoms with Gasteiger partial charge in [-0.3, -0.25) is 9.69 Å². The van der Waals surface area contributed by atoms with Crippen LogP contribution < -0.4 is 14.8 Å². The highest BCUT2D eigenvalue weighted by Gasteiger charge is 2.22. The summed E-state index contributed by atoms with van der Waals surface area (Å²) >= 11 is 6.07. The van der Waals surface area contributed by atoms with Crippen LogP contribution in [0, 0.1) is 0 Å². The van der Waals surface area contributed by atoms with Gasteiger partial charge in [-0.1, -0.05) is 23.7 Å². The molecule has 33 heavy (non-hydrogen) atoms. The molecule has 0 radical (unpaired) electrons. The van der Waals surface area contributed by atoms with Crippen molar-refractivity contribution >= 4 is 29.2 Å². The van der Waals surface area contributed by atoms with Crippen molar-refractivity contribution in [2.45, 2.75) is 32.6 Å². The fourth-order valence-electron chi connectivity index (χ4n) is 3.78. The lowest BCUT2D eigenvalue weighted by Gasteiger charge is -2.35. The van der Waals surface area contributed by atoms with E-state index in [4.69, 9.17) is 30.5 Å².